The van der Waals surface area contributed by atoms with E-state index in [1.165, 1.54) is 11.9 Å². The van der Waals surface area contributed by atoms with Crippen LogP contribution in [0.1, 0.15) is 61.3 Å². The molecule has 16 heteroatoms. The molecule has 1 saturated heterocycles. The molecule has 6 N–H and O–H groups in total. The molecular weight excluding hydrogens is 627 g/mol. The number of carbonyl (C=O) groups excluding carboxylic acids is 1. The maximum Gasteiger partial charge on any atom is 0.326 e. The maximum absolute atomic E-state index is 12.9. The Kier molecular flexibility index (Phi) is 13.8. The molecule has 246 valence electrons. The van der Waals surface area contributed by atoms with Crippen LogP contribution in [-0.2, 0) is 18.8 Å². The number of hydrazine groups is 1. The molecule has 0 aliphatic carbocycles. The molecule has 2 aromatic rings. The van der Waals surface area contributed by atoms with Gasteiger partial charge in [0.15, 0.2) is 11.6 Å². The van der Waals surface area contributed by atoms with Crippen LogP contribution in [0.15, 0.2) is 24.3 Å². The van der Waals surface area contributed by atoms with Gasteiger partial charge in [-0.05, 0) is 64.1 Å². The minimum atomic E-state index is -1.76. The molecule has 5 unspecified atom stereocenters. The molecule has 1 aromatic carbocycles. The number of fused-ring (bicyclic) bond motifs is 1. The first kappa shape index (κ1) is 36.2. The van der Waals surface area contributed by atoms with Crippen molar-refractivity contribution in [1.29, 1.82) is 0 Å². The molecule has 2 aliphatic heterocycles. The largest absolute Gasteiger partial charge is 0.461 e. The van der Waals surface area contributed by atoms with E-state index < -0.39 is 14.1 Å². The third kappa shape index (κ3) is 9.59. The topological polar surface area (TPSA) is 157 Å². The predicted octanol–water partition coefficient (Wildman–Crippen LogP) is 5.91. The highest BCUT2D eigenvalue weighted by atomic mass is 35.5. The molecule has 1 aromatic heterocycles. The van der Waals surface area contributed by atoms with Crippen molar-refractivity contribution in [2.24, 2.45) is 5.92 Å². The fourth-order valence-electron chi connectivity index (χ4n) is 4.39. The van der Waals surface area contributed by atoms with Gasteiger partial charge in [-0.15, -0.1) is 0 Å². The summed E-state index contributed by atoms with van der Waals surface area (Å²) in [4.78, 5) is 26.7. The third-order valence-corrected chi connectivity index (χ3v) is 8.84. The molecule has 0 bridgehead atoms. The zero-order chi connectivity index (χ0) is 32.4. The van der Waals surface area contributed by atoms with Crippen LogP contribution in [0.4, 0.5) is 23.3 Å². The van der Waals surface area contributed by atoms with E-state index in [0.717, 1.165) is 18.5 Å². The molecule has 0 radical (unpaired) electrons. The second-order valence-corrected chi connectivity index (χ2v) is 12.9. The number of anilines is 4. The van der Waals surface area contributed by atoms with Gasteiger partial charge >= 0.3 is 14.5 Å². The van der Waals surface area contributed by atoms with E-state index in [0.29, 0.717) is 29.1 Å². The normalized spacial score (nSPS) is 20.6. The van der Waals surface area contributed by atoms with Gasteiger partial charge in [-0.25, -0.2) is 5.09 Å². The third-order valence-electron chi connectivity index (χ3n) is 6.78. The van der Waals surface area contributed by atoms with Crippen molar-refractivity contribution in [1.82, 2.24) is 19.9 Å². The van der Waals surface area contributed by atoms with Crippen LogP contribution in [-0.4, -0.2) is 59.4 Å². The number of nitrogens with one attached hydrogen (secondary N) is 4. The summed E-state index contributed by atoms with van der Waals surface area (Å²) in [6, 6.07) is 6.96. The van der Waals surface area contributed by atoms with Crippen LogP contribution >= 0.6 is 32.1 Å². The zero-order valence-electron chi connectivity index (χ0n) is 26.6. The molecule has 0 spiro atoms. The number of esters is 1. The lowest BCUT2D eigenvalue weighted by molar-refractivity contribution is -0.154. The van der Waals surface area contributed by atoms with Gasteiger partial charge in [-0.2, -0.15) is 14.8 Å². The SMILES string of the molecule is CC.CCC(C)OC(=O)C(C)(C)NP(OCC1CC(C)C(N2CNc3c(NNSC)nc(N)nc32)O1)Oc1ccc(Cl)cc1. The molecule has 1 fully saturated rings. The fraction of sp³-hybridized carbons (Fsp3) is 0.607. The van der Waals surface area contributed by atoms with Gasteiger partial charge in [0.05, 0.1) is 25.5 Å². The number of ether oxygens (including phenoxy) is 2. The van der Waals surface area contributed by atoms with Gasteiger partial charge in [0.1, 0.15) is 23.2 Å². The smallest absolute Gasteiger partial charge is 0.326 e. The van der Waals surface area contributed by atoms with Gasteiger partial charge in [-0.3, -0.25) is 10.2 Å². The Labute approximate surface area is 271 Å². The molecule has 3 heterocycles. The summed E-state index contributed by atoms with van der Waals surface area (Å²) >= 11 is 7.46. The van der Waals surface area contributed by atoms with Gasteiger partial charge in [-0.1, -0.05) is 51.2 Å². The summed E-state index contributed by atoms with van der Waals surface area (Å²) in [5.74, 6) is 1.72. The van der Waals surface area contributed by atoms with Crippen LogP contribution < -0.4 is 35.8 Å². The molecular formula is C28H46ClN8O5PS. The fourth-order valence-corrected chi connectivity index (χ4v) is 6.04. The van der Waals surface area contributed by atoms with Crippen molar-refractivity contribution in [3.63, 3.8) is 0 Å². The lowest BCUT2D eigenvalue weighted by Crippen LogP contribution is -2.47. The first-order chi connectivity index (χ1) is 21.0. The average molecular weight is 673 g/mol. The van der Waals surface area contributed by atoms with Gasteiger partial charge in [0.2, 0.25) is 5.95 Å². The number of aromatic nitrogens is 2. The highest BCUT2D eigenvalue weighted by molar-refractivity contribution is 7.96. The monoisotopic (exact) mass is 672 g/mol. The standard InChI is InChI=1S/C26H40ClN8O5PS.C2H6/c1-7-16(3)38-24(36)26(4,5)33-41(40-18-10-8-17(27)9-11-18)37-13-19-12-15(2)23(39-19)35-14-29-20-21(32-34-42-6)30-25(28)31-22(20)35;1-2/h8-11,15-16,19,23,29,33-34H,7,12-14H2,1-6H3,(H3,28,30,31,32);1-2H3. The van der Waals surface area contributed by atoms with Crippen molar-refractivity contribution in [3.05, 3.63) is 29.3 Å². The lowest BCUT2D eigenvalue weighted by atomic mass is 10.1. The Morgan fingerprint density at radius 3 is 2.68 bits per heavy atom. The maximum atomic E-state index is 12.9. The molecule has 2 aliphatic rings. The number of hydrogen-bond acceptors (Lipinski definition) is 14. The quantitative estimate of drug-likeness (QED) is 0.0698. The number of nitrogen functional groups attached to an aromatic ring is 1. The Balaban J connectivity index is 0.00000259. The minimum Gasteiger partial charge on any atom is -0.461 e. The number of nitrogens with two attached hydrogens (primary N) is 1. The van der Waals surface area contributed by atoms with Gasteiger partial charge in [0, 0.05) is 10.9 Å². The van der Waals surface area contributed by atoms with Crippen molar-refractivity contribution in [3.8, 4) is 5.75 Å². The lowest BCUT2D eigenvalue weighted by Gasteiger charge is -2.30. The molecule has 5 atom stereocenters. The second kappa shape index (κ2) is 16.8. The second-order valence-electron chi connectivity index (χ2n) is 10.7. The molecule has 13 nitrogen and oxygen atoms in total. The van der Waals surface area contributed by atoms with E-state index in [-0.39, 0.29) is 42.9 Å². The first-order valence-electron chi connectivity index (χ1n) is 14.7. The first-order valence-corrected chi connectivity index (χ1v) is 17.5. The van der Waals surface area contributed by atoms with Crippen LogP contribution in [0.3, 0.4) is 0 Å². The molecule has 44 heavy (non-hydrogen) atoms. The van der Waals surface area contributed by atoms with Gasteiger partial charge in [0.25, 0.3) is 0 Å². The van der Waals surface area contributed by atoms with Crippen LogP contribution in [0, 0.1) is 5.92 Å². The average Bonchev–Trinajstić information content (AvgIpc) is 3.59. The summed E-state index contributed by atoms with van der Waals surface area (Å²) in [5.41, 5.74) is 8.74. The van der Waals surface area contributed by atoms with E-state index in [1.807, 2.05) is 38.9 Å². The summed E-state index contributed by atoms with van der Waals surface area (Å²) in [7, 11) is -1.76. The number of halogens is 1. The van der Waals surface area contributed by atoms with Crippen LogP contribution in [0.5, 0.6) is 5.75 Å². The van der Waals surface area contributed by atoms with E-state index in [2.05, 4.69) is 37.6 Å². The highest BCUT2D eigenvalue weighted by Gasteiger charge is 2.42. The van der Waals surface area contributed by atoms with E-state index >= 15 is 0 Å². The minimum absolute atomic E-state index is 0.156. The molecule has 0 saturated carbocycles. The van der Waals surface area contributed by atoms with E-state index in [9.17, 15) is 4.79 Å². The summed E-state index contributed by atoms with van der Waals surface area (Å²) in [5, 5.41) is 7.15. The van der Waals surface area contributed by atoms with Gasteiger partial charge < -0.3 is 34.5 Å². The molecule has 4 rings (SSSR count). The van der Waals surface area contributed by atoms with Crippen LogP contribution in [0.25, 0.3) is 0 Å². The summed E-state index contributed by atoms with van der Waals surface area (Å²) in [6.45, 7) is 14.2. The Bertz CT molecular complexity index is 1220. The summed E-state index contributed by atoms with van der Waals surface area (Å²) < 4.78 is 24.5. The van der Waals surface area contributed by atoms with Crippen molar-refractivity contribution in [2.75, 3.05) is 40.9 Å². The van der Waals surface area contributed by atoms with Crippen molar-refractivity contribution < 1.29 is 23.3 Å². The number of benzene rings is 1. The predicted molar refractivity (Wildman–Crippen MR) is 179 cm³/mol. The van der Waals surface area contributed by atoms with Crippen LogP contribution in [0.2, 0.25) is 5.02 Å². The van der Waals surface area contributed by atoms with E-state index in [1.54, 1.807) is 38.1 Å². The number of hydrogen-bond donors (Lipinski definition) is 5. The Hall–Kier alpha value is -2.32. The Morgan fingerprint density at radius 2 is 2.02 bits per heavy atom. The number of carbonyl (C=O) groups is 1. The van der Waals surface area contributed by atoms with Crippen molar-refractivity contribution in [2.45, 2.75) is 85.3 Å². The zero-order valence-corrected chi connectivity index (χ0v) is 29.1. The number of rotatable bonds is 14. The molecule has 0 amide bonds. The van der Waals surface area contributed by atoms with E-state index in [4.69, 9.17) is 35.9 Å². The highest BCUT2D eigenvalue weighted by Crippen LogP contribution is 2.43. The number of nitrogens with zero attached hydrogens (tertiary/aromatic N) is 3. The summed E-state index contributed by atoms with van der Waals surface area (Å²) in [6.07, 6.45) is 2.68. The Morgan fingerprint density at radius 1 is 1.32 bits per heavy atom. The van der Waals surface area contributed by atoms with Crippen molar-refractivity contribution >= 4 is 61.3 Å².